The fraction of sp³-hybridized carbons (Fsp3) is 0.421. The molecule has 2 unspecified atom stereocenters. The van der Waals surface area contributed by atoms with Crippen molar-refractivity contribution in [2.75, 3.05) is 19.6 Å². The molecule has 3 heteroatoms. The highest BCUT2D eigenvalue weighted by Gasteiger charge is 2.46. The van der Waals surface area contributed by atoms with Gasteiger partial charge in [-0.3, -0.25) is 4.79 Å². The Morgan fingerprint density at radius 3 is 2.82 bits per heavy atom. The lowest BCUT2D eigenvalue weighted by molar-refractivity contribution is -0.135. The van der Waals surface area contributed by atoms with Crippen molar-refractivity contribution in [2.45, 2.75) is 25.3 Å². The van der Waals surface area contributed by atoms with Gasteiger partial charge >= 0.3 is 0 Å². The van der Waals surface area contributed by atoms with E-state index in [0.29, 0.717) is 17.9 Å². The standard InChI is InChI=1S/C19H22N2O/c1-13-12-20-8-9-21(13)19(22)18-11-17(18)16-7-6-14-4-2-3-5-15(14)10-16/h2-7,10,13,17-18,20H,8-9,11-12H2,1H3/t13-,17?,18?/m1/s1. The van der Waals surface area contributed by atoms with Crippen LogP contribution < -0.4 is 5.32 Å². The molecule has 0 aromatic heterocycles. The van der Waals surface area contributed by atoms with Crippen molar-refractivity contribution in [1.82, 2.24) is 10.2 Å². The number of rotatable bonds is 2. The zero-order valence-electron chi connectivity index (χ0n) is 13.0. The number of benzene rings is 2. The third kappa shape index (κ3) is 2.40. The lowest BCUT2D eigenvalue weighted by Gasteiger charge is -2.34. The number of piperazine rings is 1. The molecule has 1 saturated heterocycles. The molecule has 1 aliphatic carbocycles. The molecule has 0 bridgehead atoms. The number of nitrogens with one attached hydrogen (secondary N) is 1. The number of amides is 1. The highest BCUT2D eigenvalue weighted by molar-refractivity contribution is 5.86. The van der Waals surface area contributed by atoms with E-state index in [1.165, 1.54) is 16.3 Å². The second kappa shape index (κ2) is 5.40. The van der Waals surface area contributed by atoms with Gasteiger partial charge in [-0.1, -0.05) is 42.5 Å². The third-order valence-corrected chi connectivity index (χ3v) is 5.09. The van der Waals surface area contributed by atoms with Crippen LogP contribution in [-0.2, 0) is 4.79 Å². The molecule has 2 aromatic rings. The van der Waals surface area contributed by atoms with Crippen molar-refractivity contribution in [3.8, 4) is 0 Å². The molecule has 22 heavy (non-hydrogen) atoms. The van der Waals surface area contributed by atoms with Gasteiger partial charge in [-0.2, -0.15) is 0 Å². The highest BCUT2D eigenvalue weighted by atomic mass is 16.2. The molecule has 1 aliphatic heterocycles. The maximum Gasteiger partial charge on any atom is 0.226 e. The van der Waals surface area contributed by atoms with Crippen molar-refractivity contribution in [3.05, 3.63) is 48.0 Å². The van der Waals surface area contributed by atoms with E-state index in [-0.39, 0.29) is 5.92 Å². The van der Waals surface area contributed by atoms with Crippen LogP contribution in [0.15, 0.2) is 42.5 Å². The van der Waals surface area contributed by atoms with Gasteiger partial charge < -0.3 is 10.2 Å². The van der Waals surface area contributed by atoms with E-state index in [2.05, 4.69) is 59.6 Å². The van der Waals surface area contributed by atoms with Crippen LogP contribution in [0.25, 0.3) is 10.8 Å². The van der Waals surface area contributed by atoms with Crippen LogP contribution >= 0.6 is 0 Å². The molecule has 2 aromatic carbocycles. The first kappa shape index (κ1) is 13.8. The molecule has 4 rings (SSSR count). The van der Waals surface area contributed by atoms with Crippen molar-refractivity contribution in [1.29, 1.82) is 0 Å². The molecular formula is C19H22N2O. The SMILES string of the molecule is C[C@@H]1CNCCN1C(=O)C1CC1c1ccc2ccccc2c1. The van der Waals surface area contributed by atoms with Gasteiger partial charge in [-0.25, -0.2) is 0 Å². The summed E-state index contributed by atoms with van der Waals surface area (Å²) in [5.41, 5.74) is 1.32. The smallest absolute Gasteiger partial charge is 0.226 e. The fourth-order valence-electron chi connectivity index (χ4n) is 3.66. The predicted molar refractivity (Wildman–Crippen MR) is 88.8 cm³/mol. The molecule has 1 heterocycles. The molecule has 2 fully saturated rings. The second-order valence-corrected chi connectivity index (χ2v) is 6.64. The summed E-state index contributed by atoms with van der Waals surface area (Å²) in [5.74, 6) is 0.966. The summed E-state index contributed by atoms with van der Waals surface area (Å²) in [6.07, 6.45) is 1.01. The Kier molecular flexibility index (Phi) is 3.38. The van der Waals surface area contributed by atoms with Crippen molar-refractivity contribution >= 4 is 16.7 Å². The maximum atomic E-state index is 12.7. The molecule has 0 spiro atoms. The summed E-state index contributed by atoms with van der Waals surface area (Å²) in [7, 11) is 0. The van der Waals surface area contributed by atoms with Gasteiger partial charge in [0.25, 0.3) is 0 Å². The molecule has 2 aliphatic rings. The predicted octanol–water partition coefficient (Wildman–Crippen LogP) is 2.76. The largest absolute Gasteiger partial charge is 0.337 e. The minimum atomic E-state index is 0.196. The van der Waals surface area contributed by atoms with Crippen molar-refractivity contribution in [3.63, 3.8) is 0 Å². The van der Waals surface area contributed by atoms with Crippen molar-refractivity contribution in [2.24, 2.45) is 5.92 Å². The van der Waals surface area contributed by atoms with E-state index < -0.39 is 0 Å². The first-order chi connectivity index (χ1) is 10.7. The monoisotopic (exact) mass is 294 g/mol. The number of nitrogens with zero attached hydrogens (tertiary/aromatic N) is 1. The second-order valence-electron chi connectivity index (χ2n) is 6.64. The Labute approximate surface area is 131 Å². The molecule has 0 radical (unpaired) electrons. The third-order valence-electron chi connectivity index (χ3n) is 5.09. The lowest BCUT2D eigenvalue weighted by Crippen LogP contribution is -2.52. The van der Waals surface area contributed by atoms with Crippen LogP contribution in [0.4, 0.5) is 0 Å². The zero-order valence-corrected chi connectivity index (χ0v) is 13.0. The summed E-state index contributed by atoms with van der Waals surface area (Å²) in [4.78, 5) is 14.8. The first-order valence-electron chi connectivity index (χ1n) is 8.24. The summed E-state index contributed by atoms with van der Waals surface area (Å²) in [6, 6.07) is 15.4. The van der Waals surface area contributed by atoms with Gasteiger partial charge in [0.15, 0.2) is 0 Å². The van der Waals surface area contributed by atoms with Crippen LogP contribution in [-0.4, -0.2) is 36.5 Å². The van der Waals surface area contributed by atoms with Crippen molar-refractivity contribution < 1.29 is 4.79 Å². The average Bonchev–Trinajstić information content (AvgIpc) is 3.35. The molecular weight excluding hydrogens is 272 g/mol. The molecule has 3 nitrogen and oxygen atoms in total. The summed E-state index contributed by atoms with van der Waals surface area (Å²) >= 11 is 0. The van der Waals surface area contributed by atoms with E-state index in [0.717, 1.165) is 26.1 Å². The zero-order chi connectivity index (χ0) is 15.1. The molecule has 3 atom stereocenters. The Morgan fingerprint density at radius 1 is 1.18 bits per heavy atom. The topological polar surface area (TPSA) is 32.3 Å². The van der Waals surface area contributed by atoms with Gasteiger partial charge in [0, 0.05) is 31.6 Å². The number of carbonyl (C=O) groups is 1. The normalized spacial score (nSPS) is 27.9. The molecule has 1 saturated carbocycles. The molecule has 114 valence electrons. The summed E-state index contributed by atoms with van der Waals surface area (Å²) < 4.78 is 0. The number of hydrogen-bond acceptors (Lipinski definition) is 2. The Morgan fingerprint density at radius 2 is 2.00 bits per heavy atom. The van der Waals surface area contributed by atoms with E-state index >= 15 is 0 Å². The van der Waals surface area contributed by atoms with E-state index in [1.807, 2.05) is 0 Å². The van der Waals surface area contributed by atoms with Gasteiger partial charge in [0.2, 0.25) is 5.91 Å². The minimum Gasteiger partial charge on any atom is -0.337 e. The van der Waals surface area contributed by atoms with Crippen LogP contribution in [0.1, 0.15) is 24.8 Å². The lowest BCUT2D eigenvalue weighted by atomic mass is 10.0. The average molecular weight is 294 g/mol. The first-order valence-corrected chi connectivity index (χ1v) is 8.24. The fourth-order valence-corrected chi connectivity index (χ4v) is 3.66. The molecule has 1 N–H and O–H groups in total. The Balaban J connectivity index is 1.51. The maximum absolute atomic E-state index is 12.7. The van der Waals surface area contributed by atoms with Crippen LogP contribution in [0.5, 0.6) is 0 Å². The van der Waals surface area contributed by atoms with Crippen LogP contribution in [0.3, 0.4) is 0 Å². The quantitative estimate of drug-likeness (QED) is 0.923. The summed E-state index contributed by atoms with van der Waals surface area (Å²) in [5, 5.41) is 5.89. The van der Waals surface area contributed by atoms with Gasteiger partial charge in [0.05, 0.1) is 0 Å². The van der Waals surface area contributed by atoms with Gasteiger partial charge in [-0.05, 0) is 35.6 Å². The molecule has 1 amide bonds. The number of hydrogen-bond donors (Lipinski definition) is 1. The number of fused-ring (bicyclic) bond motifs is 1. The Hall–Kier alpha value is -1.87. The summed E-state index contributed by atoms with van der Waals surface area (Å²) in [6.45, 7) is 4.82. The van der Waals surface area contributed by atoms with E-state index in [9.17, 15) is 4.79 Å². The van der Waals surface area contributed by atoms with E-state index in [1.54, 1.807) is 0 Å². The Bertz CT molecular complexity index is 711. The minimum absolute atomic E-state index is 0.196. The number of carbonyl (C=O) groups excluding carboxylic acids is 1. The van der Waals surface area contributed by atoms with Crippen LogP contribution in [0.2, 0.25) is 0 Å². The highest BCUT2D eigenvalue weighted by Crippen LogP contribution is 2.49. The van der Waals surface area contributed by atoms with Gasteiger partial charge in [-0.15, -0.1) is 0 Å². The van der Waals surface area contributed by atoms with E-state index in [4.69, 9.17) is 0 Å². The van der Waals surface area contributed by atoms with Gasteiger partial charge in [0.1, 0.15) is 0 Å². The van der Waals surface area contributed by atoms with Crippen LogP contribution in [0, 0.1) is 5.92 Å².